The zero-order valence-corrected chi connectivity index (χ0v) is 12.5. The molecule has 0 saturated carbocycles. The van der Waals surface area contributed by atoms with E-state index in [2.05, 4.69) is 10.0 Å². The van der Waals surface area contributed by atoms with Crippen molar-refractivity contribution in [2.24, 2.45) is 5.92 Å². The Hall–Kier alpha value is -0.430. The number of thiophene rings is 1. The summed E-state index contributed by atoms with van der Waals surface area (Å²) in [4.78, 5) is 1.03. The van der Waals surface area contributed by atoms with Crippen molar-refractivity contribution in [3.8, 4) is 0 Å². The second-order valence-corrected chi connectivity index (χ2v) is 8.11. The van der Waals surface area contributed by atoms with Gasteiger partial charge in [-0.25, -0.2) is 13.1 Å². The van der Waals surface area contributed by atoms with Crippen LogP contribution in [-0.4, -0.2) is 28.1 Å². The van der Waals surface area contributed by atoms with Gasteiger partial charge < -0.3 is 5.32 Å². The first-order valence-electron chi connectivity index (χ1n) is 6.26. The fourth-order valence-corrected chi connectivity index (χ4v) is 5.11. The van der Waals surface area contributed by atoms with E-state index < -0.39 is 10.0 Å². The first-order valence-corrected chi connectivity index (χ1v) is 8.56. The van der Waals surface area contributed by atoms with Crippen molar-refractivity contribution < 1.29 is 8.42 Å². The Bertz CT molecular complexity index is 502. The summed E-state index contributed by atoms with van der Waals surface area (Å²) in [7, 11) is -3.33. The summed E-state index contributed by atoms with van der Waals surface area (Å²) in [6, 6.07) is 1.92. The molecule has 0 spiro atoms. The van der Waals surface area contributed by atoms with E-state index in [9.17, 15) is 8.42 Å². The van der Waals surface area contributed by atoms with Crippen LogP contribution in [-0.2, 0) is 10.0 Å². The summed E-state index contributed by atoms with van der Waals surface area (Å²) < 4.78 is 27.6. The highest BCUT2D eigenvalue weighted by atomic mass is 32.2. The largest absolute Gasteiger partial charge is 0.316 e. The first-order chi connectivity index (χ1) is 8.49. The number of hydrogen-bond donors (Lipinski definition) is 2. The molecular weight excluding hydrogens is 268 g/mol. The third-order valence-corrected chi connectivity index (χ3v) is 6.41. The van der Waals surface area contributed by atoms with Gasteiger partial charge in [0.25, 0.3) is 0 Å². The van der Waals surface area contributed by atoms with Gasteiger partial charge in [0.05, 0.1) is 0 Å². The smallest absolute Gasteiger partial charge is 0.250 e. The summed E-state index contributed by atoms with van der Waals surface area (Å²) in [5.41, 5.74) is 0.840. The van der Waals surface area contributed by atoms with Crippen LogP contribution in [0.2, 0.25) is 0 Å². The Morgan fingerprint density at radius 3 is 2.83 bits per heavy atom. The lowest BCUT2D eigenvalue weighted by Gasteiger charge is -2.22. The standard InChI is InChI=1S/C12H20N2O2S2/c1-9-6-10(2)17-12(9)18(15,16)14-8-11-4-3-5-13-7-11/h6,11,13-14H,3-5,7-8H2,1-2H3. The molecule has 0 bridgehead atoms. The summed E-state index contributed by atoms with van der Waals surface area (Å²) >= 11 is 1.34. The SMILES string of the molecule is Cc1cc(C)c(S(=O)(=O)NCC2CCCNC2)s1. The van der Waals surface area contributed by atoms with Crippen LogP contribution in [0, 0.1) is 19.8 Å². The minimum absolute atomic E-state index is 0.412. The maximum atomic E-state index is 12.2. The number of sulfonamides is 1. The number of hydrogen-bond acceptors (Lipinski definition) is 4. The molecule has 1 fully saturated rings. The third kappa shape index (κ3) is 3.32. The molecule has 0 amide bonds. The van der Waals surface area contributed by atoms with E-state index in [1.807, 2.05) is 19.9 Å². The highest BCUT2D eigenvalue weighted by Gasteiger charge is 2.21. The summed E-state index contributed by atoms with van der Waals surface area (Å²) in [6.45, 7) is 6.27. The van der Waals surface area contributed by atoms with Gasteiger partial charge in [0, 0.05) is 11.4 Å². The molecule has 2 N–H and O–H groups in total. The van der Waals surface area contributed by atoms with Gasteiger partial charge in [-0.2, -0.15) is 0 Å². The Kier molecular flexibility index (Phi) is 4.42. The lowest BCUT2D eigenvalue weighted by atomic mass is 10.0. The number of aryl methyl sites for hydroxylation is 2. The summed E-state index contributed by atoms with van der Waals surface area (Å²) in [6.07, 6.45) is 2.22. The second-order valence-electron chi connectivity index (χ2n) is 4.89. The molecule has 6 heteroatoms. The van der Waals surface area contributed by atoms with Crippen LogP contribution < -0.4 is 10.0 Å². The molecule has 1 atom stereocenters. The Morgan fingerprint density at radius 2 is 2.28 bits per heavy atom. The fraction of sp³-hybridized carbons (Fsp3) is 0.667. The van der Waals surface area contributed by atoms with E-state index in [0.717, 1.165) is 36.4 Å². The van der Waals surface area contributed by atoms with Gasteiger partial charge in [-0.05, 0) is 57.3 Å². The average molecular weight is 288 g/mol. The van der Waals surface area contributed by atoms with Crippen LogP contribution in [0.25, 0.3) is 0 Å². The lowest BCUT2D eigenvalue weighted by molar-refractivity contribution is 0.376. The maximum Gasteiger partial charge on any atom is 0.250 e. The highest BCUT2D eigenvalue weighted by Crippen LogP contribution is 2.25. The molecule has 4 nitrogen and oxygen atoms in total. The number of rotatable bonds is 4. The van der Waals surface area contributed by atoms with Crippen LogP contribution in [0.1, 0.15) is 23.3 Å². The maximum absolute atomic E-state index is 12.2. The second kappa shape index (κ2) is 5.69. The molecule has 1 aromatic heterocycles. The highest BCUT2D eigenvalue weighted by molar-refractivity contribution is 7.91. The van der Waals surface area contributed by atoms with Crippen LogP contribution in [0.5, 0.6) is 0 Å². The molecule has 102 valence electrons. The molecule has 0 aromatic carbocycles. The van der Waals surface area contributed by atoms with Crippen molar-refractivity contribution >= 4 is 21.4 Å². The Labute approximate surface area is 113 Å². The predicted molar refractivity (Wildman–Crippen MR) is 74.6 cm³/mol. The van der Waals surface area contributed by atoms with Gasteiger partial charge in [0.2, 0.25) is 10.0 Å². The average Bonchev–Trinajstić information content (AvgIpc) is 2.68. The van der Waals surface area contributed by atoms with Gasteiger partial charge in [-0.3, -0.25) is 0 Å². The molecular formula is C12H20N2O2S2. The molecule has 18 heavy (non-hydrogen) atoms. The zero-order chi connectivity index (χ0) is 13.2. The van der Waals surface area contributed by atoms with Gasteiger partial charge in [0.15, 0.2) is 0 Å². The third-order valence-electron chi connectivity index (χ3n) is 3.20. The van der Waals surface area contributed by atoms with Crippen LogP contribution in [0.4, 0.5) is 0 Å². The van der Waals surface area contributed by atoms with Crippen molar-refractivity contribution in [2.75, 3.05) is 19.6 Å². The monoisotopic (exact) mass is 288 g/mol. The number of piperidine rings is 1. The van der Waals surface area contributed by atoms with Crippen molar-refractivity contribution in [2.45, 2.75) is 30.9 Å². The zero-order valence-electron chi connectivity index (χ0n) is 10.8. The molecule has 1 saturated heterocycles. The van der Waals surface area contributed by atoms with Crippen LogP contribution in [0.3, 0.4) is 0 Å². The van der Waals surface area contributed by atoms with Gasteiger partial charge in [-0.15, -0.1) is 11.3 Å². The summed E-state index contributed by atoms with van der Waals surface area (Å²) in [5, 5.41) is 3.29. The van der Waals surface area contributed by atoms with Crippen LogP contribution in [0.15, 0.2) is 10.3 Å². The van der Waals surface area contributed by atoms with Crippen molar-refractivity contribution in [1.82, 2.24) is 10.0 Å². The van der Waals surface area contributed by atoms with Crippen molar-refractivity contribution in [1.29, 1.82) is 0 Å². The quantitative estimate of drug-likeness (QED) is 0.885. The van der Waals surface area contributed by atoms with E-state index in [4.69, 9.17) is 0 Å². The Balaban J connectivity index is 2.01. The minimum atomic E-state index is -3.33. The number of nitrogens with one attached hydrogen (secondary N) is 2. The van der Waals surface area contributed by atoms with Gasteiger partial charge in [0.1, 0.15) is 4.21 Å². The molecule has 1 unspecified atom stereocenters. The predicted octanol–water partition coefficient (Wildman–Crippen LogP) is 1.64. The minimum Gasteiger partial charge on any atom is -0.316 e. The van der Waals surface area contributed by atoms with E-state index in [1.54, 1.807) is 0 Å². The van der Waals surface area contributed by atoms with E-state index in [1.165, 1.54) is 11.3 Å². The van der Waals surface area contributed by atoms with Gasteiger partial charge >= 0.3 is 0 Å². The normalized spacial score (nSPS) is 21.1. The molecule has 1 aliphatic heterocycles. The Morgan fingerprint density at radius 1 is 1.50 bits per heavy atom. The van der Waals surface area contributed by atoms with Crippen molar-refractivity contribution in [3.05, 3.63) is 16.5 Å². The van der Waals surface area contributed by atoms with E-state index in [-0.39, 0.29) is 0 Å². The molecule has 0 aliphatic carbocycles. The molecule has 0 radical (unpaired) electrons. The van der Waals surface area contributed by atoms with E-state index in [0.29, 0.717) is 16.7 Å². The molecule has 1 aliphatic rings. The van der Waals surface area contributed by atoms with E-state index >= 15 is 0 Å². The topological polar surface area (TPSA) is 58.2 Å². The van der Waals surface area contributed by atoms with Gasteiger partial charge in [-0.1, -0.05) is 0 Å². The molecule has 2 heterocycles. The fourth-order valence-electron chi connectivity index (χ4n) is 2.28. The summed E-state index contributed by atoms with van der Waals surface area (Å²) in [5.74, 6) is 0.412. The van der Waals surface area contributed by atoms with Crippen molar-refractivity contribution in [3.63, 3.8) is 0 Å². The first kappa shape index (κ1) is 14.0. The van der Waals surface area contributed by atoms with Crippen LogP contribution >= 0.6 is 11.3 Å². The lowest BCUT2D eigenvalue weighted by Crippen LogP contribution is -2.38. The molecule has 2 rings (SSSR count). The molecule has 1 aromatic rings.